The highest BCUT2D eigenvalue weighted by Gasteiger charge is 2.17. The maximum absolute atomic E-state index is 13.6. The molecule has 0 saturated heterocycles. The van der Waals surface area contributed by atoms with Gasteiger partial charge in [0, 0.05) is 17.6 Å². The number of aryl methyl sites for hydroxylation is 2. The molecule has 8 heteroatoms. The van der Waals surface area contributed by atoms with Gasteiger partial charge in [0.05, 0.1) is 10.5 Å². The van der Waals surface area contributed by atoms with Crippen LogP contribution in [-0.2, 0) is 10.0 Å². The summed E-state index contributed by atoms with van der Waals surface area (Å²) in [5.41, 5.74) is 1.37. The van der Waals surface area contributed by atoms with E-state index >= 15 is 0 Å². The van der Waals surface area contributed by atoms with Gasteiger partial charge in [-0.3, -0.25) is 4.79 Å². The second-order valence-electron chi connectivity index (χ2n) is 5.55. The summed E-state index contributed by atoms with van der Waals surface area (Å²) in [5.74, 6) is -1.25. The van der Waals surface area contributed by atoms with E-state index in [2.05, 4.69) is 26.0 Å². The third kappa shape index (κ3) is 5.10. The van der Waals surface area contributed by atoms with Gasteiger partial charge >= 0.3 is 0 Å². The molecule has 2 aromatic rings. The summed E-state index contributed by atoms with van der Waals surface area (Å²) in [7, 11) is -3.67. The van der Waals surface area contributed by atoms with Gasteiger partial charge in [-0.05, 0) is 49.2 Å². The Morgan fingerprint density at radius 3 is 2.56 bits per heavy atom. The Hall–Kier alpha value is -1.77. The van der Waals surface area contributed by atoms with Crippen LogP contribution in [-0.4, -0.2) is 27.4 Å². The largest absolute Gasteiger partial charge is 0.351 e. The quantitative estimate of drug-likeness (QED) is 0.694. The molecule has 0 atom stereocenters. The fourth-order valence-electron chi connectivity index (χ4n) is 2.20. The standard InChI is InChI=1S/C17H18BrFN2O3S/c1-11-3-4-12(2)16(9-11)25(23,24)21-8-7-20-17(22)14-10-13(18)5-6-15(14)19/h3-6,9-10,21H,7-8H2,1-2H3,(H,20,22). The summed E-state index contributed by atoms with van der Waals surface area (Å²) < 4.78 is 41.3. The molecule has 2 rings (SSSR count). The molecule has 2 N–H and O–H groups in total. The Bertz CT molecular complexity index is 901. The second kappa shape index (κ2) is 8.07. The third-order valence-electron chi connectivity index (χ3n) is 3.51. The zero-order valence-corrected chi connectivity index (χ0v) is 16.2. The van der Waals surface area contributed by atoms with Crippen molar-refractivity contribution in [2.45, 2.75) is 18.7 Å². The first-order chi connectivity index (χ1) is 11.7. The molecule has 0 fully saturated rings. The molecule has 0 spiro atoms. The molecule has 0 saturated carbocycles. The topological polar surface area (TPSA) is 75.3 Å². The van der Waals surface area contributed by atoms with Gasteiger partial charge in [-0.1, -0.05) is 28.1 Å². The van der Waals surface area contributed by atoms with E-state index < -0.39 is 21.7 Å². The Morgan fingerprint density at radius 2 is 1.84 bits per heavy atom. The molecule has 5 nitrogen and oxygen atoms in total. The lowest BCUT2D eigenvalue weighted by Gasteiger charge is -2.11. The monoisotopic (exact) mass is 428 g/mol. The van der Waals surface area contributed by atoms with Crippen LogP contribution < -0.4 is 10.0 Å². The lowest BCUT2D eigenvalue weighted by molar-refractivity contribution is 0.0950. The molecular weight excluding hydrogens is 411 g/mol. The summed E-state index contributed by atoms with van der Waals surface area (Å²) in [5, 5.41) is 2.49. The van der Waals surface area contributed by atoms with Gasteiger partial charge in [0.15, 0.2) is 0 Å². The van der Waals surface area contributed by atoms with Gasteiger partial charge < -0.3 is 5.32 Å². The third-order valence-corrected chi connectivity index (χ3v) is 5.61. The van der Waals surface area contributed by atoms with Gasteiger partial charge in [-0.25, -0.2) is 17.5 Å². The van der Waals surface area contributed by atoms with Crippen LogP contribution in [0.3, 0.4) is 0 Å². The summed E-state index contributed by atoms with van der Waals surface area (Å²) in [6, 6.07) is 9.20. The molecular formula is C17H18BrFN2O3S. The number of nitrogens with one attached hydrogen (secondary N) is 2. The molecule has 0 aliphatic rings. The fraction of sp³-hybridized carbons (Fsp3) is 0.235. The van der Waals surface area contributed by atoms with Crippen LogP contribution in [0.5, 0.6) is 0 Å². The van der Waals surface area contributed by atoms with Crippen LogP contribution in [0, 0.1) is 19.7 Å². The number of benzene rings is 2. The van der Waals surface area contributed by atoms with Crippen molar-refractivity contribution < 1.29 is 17.6 Å². The molecule has 0 unspecified atom stereocenters. The summed E-state index contributed by atoms with van der Waals surface area (Å²) in [6.45, 7) is 3.56. The number of hydrogen-bond acceptors (Lipinski definition) is 3. The van der Waals surface area contributed by atoms with Crippen LogP contribution in [0.4, 0.5) is 4.39 Å². The van der Waals surface area contributed by atoms with E-state index in [4.69, 9.17) is 0 Å². The number of carbonyl (C=O) groups excluding carboxylic acids is 1. The van der Waals surface area contributed by atoms with E-state index in [0.717, 1.165) is 5.56 Å². The van der Waals surface area contributed by atoms with Crippen LogP contribution >= 0.6 is 15.9 Å². The van der Waals surface area contributed by atoms with Crippen molar-refractivity contribution in [3.8, 4) is 0 Å². The van der Waals surface area contributed by atoms with Crippen molar-refractivity contribution in [3.05, 3.63) is 63.4 Å². The lowest BCUT2D eigenvalue weighted by Crippen LogP contribution is -2.35. The number of hydrogen-bond donors (Lipinski definition) is 2. The Balaban J connectivity index is 1.95. The molecule has 0 aliphatic carbocycles. The summed E-state index contributed by atoms with van der Waals surface area (Å²) in [6.07, 6.45) is 0. The van der Waals surface area contributed by atoms with E-state index in [-0.39, 0.29) is 23.5 Å². The van der Waals surface area contributed by atoms with E-state index in [0.29, 0.717) is 10.0 Å². The summed E-state index contributed by atoms with van der Waals surface area (Å²) >= 11 is 3.17. The highest BCUT2D eigenvalue weighted by atomic mass is 79.9. The SMILES string of the molecule is Cc1ccc(C)c(S(=O)(=O)NCCNC(=O)c2cc(Br)ccc2F)c1. The zero-order chi connectivity index (χ0) is 18.6. The molecule has 25 heavy (non-hydrogen) atoms. The average molecular weight is 429 g/mol. The second-order valence-corrected chi connectivity index (χ2v) is 8.20. The average Bonchev–Trinajstić information content (AvgIpc) is 2.55. The first kappa shape index (κ1) is 19.6. The van der Waals surface area contributed by atoms with Crippen molar-refractivity contribution in [2.24, 2.45) is 0 Å². The minimum atomic E-state index is -3.67. The van der Waals surface area contributed by atoms with Crippen LogP contribution in [0.2, 0.25) is 0 Å². The van der Waals surface area contributed by atoms with Crippen molar-refractivity contribution in [2.75, 3.05) is 13.1 Å². The molecule has 0 aliphatic heterocycles. The van der Waals surface area contributed by atoms with Crippen molar-refractivity contribution in [1.82, 2.24) is 10.0 Å². The molecule has 0 bridgehead atoms. The molecule has 0 radical (unpaired) electrons. The minimum absolute atomic E-state index is 0.00290. The summed E-state index contributed by atoms with van der Waals surface area (Å²) in [4.78, 5) is 12.2. The van der Waals surface area contributed by atoms with Gasteiger partial charge in [-0.2, -0.15) is 0 Å². The van der Waals surface area contributed by atoms with Gasteiger partial charge in [0.25, 0.3) is 5.91 Å². The number of rotatable bonds is 6. The Kier molecular flexibility index (Phi) is 6.31. The zero-order valence-electron chi connectivity index (χ0n) is 13.8. The minimum Gasteiger partial charge on any atom is -0.351 e. The van der Waals surface area contributed by atoms with Crippen LogP contribution in [0.1, 0.15) is 21.5 Å². The number of sulfonamides is 1. The Morgan fingerprint density at radius 1 is 1.12 bits per heavy atom. The first-order valence-electron chi connectivity index (χ1n) is 7.51. The van der Waals surface area contributed by atoms with Crippen molar-refractivity contribution >= 4 is 31.9 Å². The van der Waals surface area contributed by atoms with Crippen molar-refractivity contribution in [3.63, 3.8) is 0 Å². The van der Waals surface area contributed by atoms with Crippen molar-refractivity contribution in [1.29, 1.82) is 0 Å². The molecule has 2 aromatic carbocycles. The van der Waals surface area contributed by atoms with E-state index in [9.17, 15) is 17.6 Å². The molecule has 0 aromatic heterocycles. The normalized spacial score (nSPS) is 11.4. The number of amides is 1. The highest BCUT2D eigenvalue weighted by Crippen LogP contribution is 2.17. The first-order valence-corrected chi connectivity index (χ1v) is 9.78. The predicted octanol–water partition coefficient (Wildman–Crippen LogP) is 2.91. The fourth-order valence-corrected chi connectivity index (χ4v) is 3.92. The maximum Gasteiger partial charge on any atom is 0.254 e. The molecule has 134 valence electrons. The lowest BCUT2D eigenvalue weighted by atomic mass is 10.2. The van der Waals surface area contributed by atoms with Crippen LogP contribution in [0.15, 0.2) is 45.8 Å². The number of halogens is 2. The molecule has 1 amide bonds. The smallest absolute Gasteiger partial charge is 0.254 e. The van der Waals surface area contributed by atoms with Gasteiger partial charge in [0.2, 0.25) is 10.0 Å². The van der Waals surface area contributed by atoms with E-state index in [1.165, 1.54) is 18.2 Å². The van der Waals surface area contributed by atoms with Crippen LogP contribution in [0.25, 0.3) is 0 Å². The van der Waals surface area contributed by atoms with Gasteiger partial charge in [0.1, 0.15) is 5.82 Å². The number of carbonyl (C=O) groups is 1. The van der Waals surface area contributed by atoms with E-state index in [1.54, 1.807) is 19.1 Å². The van der Waals surface area contributed by atoms with Gasteiger partial charge in [-0.15, -0.1) is 0 Å². The maximum atomic E-state index is 13.6. The van der Waals surface area contributed by atoms with E-state index in [1.807, 2.05) is 13.0 Å². The highest BCUT2D eigenvalue weighted by molar-refractivity contribution is 9.10. The predicted molar refractivity (Wildman–Crippen MR) is 97.5 cm³/mol. The molecule has 0 heterocycles. The Labute approximate surface area is 154 Å².